The molecule has 10 heteroatoms. The molecule has 16 heavy (non-hydrogen) atoms. The molecule has 0 aliphatic heterocycles. The monoisotopic (exact) mass is 266 g/mol. The molecule has 0 aromatic heterocycles. The highest BCUT2D eigenvalue weighted by Crippen LogP contribution is 2.49. The molecule has 0 aliphatic carbocycles. The number of hydrogen-bond acceptors (Lipinski definition) is 0. The van der Waals surface area contributed by atoms with Gasteiger partial charge in [0.15, 0.2) is 0 Å². The fourth-order valence-electron chi connectivity index (χ4n) is 0.663. The Balaban J connectivity index is 4.79. The van der Waals surface area contributed by atoms with Crippen LogP contribution in [0.5, 0.6) is 0 Å². The number of alkyl halides is 10. The van der Waals surface area contributed by atoms with Gasteiger partial charge in [-0.25, -0.2) is 0 Å². The van der Waals surface area contributed by atoms with E-state index in [-0.39, 0.29) is 0 Å². The van der Waals surface area contributed by atoms with Gasteiger partial charge >= 0.3 is 24.2 Å². The van der Waals surface area contributed by atoms with E-state index in [0.29, 0.717) is 0 Å². The summed E-state index contributed by atoms with van der Waals surface area (Å²) >= 11 is 0. The van der Waals surface area contributed by atoms with E-state index in [9.17, 15) is 43.9 Å². The lowest BCUT2D eigenvalue weighted by Gasteiger charge is -2.28. The summed E-state index contributed by atoms with van der Waals surface area (Å²) in [6, 6.07) is 0. The highest BCUT2D eigenvalue weighted by molar-refractivity contribution is 4.91. The highest BCUT2D eigenvalue weighted by Gasteiger charge is 2.72. The molecule has 0 aromatic carbocycles. The maximum atomic E-state index is 12.3. The minimum atomic E-state index is -6.60. The summed E-state index contributed by atoms with van der Waals surface area (Å²) in [6.45, 7) is 0. The van der Waals surface area contributed by atoms with Gasteiger partial charge in [0, 0.05) is 12.8 Å². The van der Waals surface area contributed by atoms with Crippen molar-refractivity contribution in [3.63, 3.8) is 0 Å². The van der Waals surface area contributed by atoms with Crippen LogP contribution in [0.2, 0.25) is 0 Å². The van der Waals surface area contributed by atoms with Crippen LogP contribution >= 0.6 is 0 Å². The molecule has 0 saturated carbocycles. The average Bonchev–Trinajstić information content (AvgIpc) is 1.97. The molecule has 0 nitrogen and oxygen atoms in total. The zero-order valence-electron chi connectivity index (χ0n) is 7.19. The summed E-state index contributed by atoms with van der Waals surface area (Å²) in [6.07, 6.45) is -16.9. The van der Waals surface area contributed by atoms with Crippen LogP contribution < -0.4 is 0 Å². The molecule has 0 fully saturated rings. The molecule has 0 rings (SSSR count). The maximum Gasteiger partial charge on any atom is 0.459 e. The molecule has 0 saturated heterocycles. The fraction of sp³-hybridized carbons (Fsp3) is 1.00. The Morgan fingerprint density at radius 2 is 0.938 bits per heavy atom. The molecule has 0 unspecified atom stereocenters. The first kappa shape index (κ1) is 15.3. The van der Waals surface area contributed by atoms with Crippen molar-refractivity contribution < 1.29 is 43.9 Å². The third-order valence-corrected chi connectivity index (χ3v) is 1.54. The Bertz CT molecular complexity index is 233. The quantitative estimate of drug-likeness (QED) is 0.673. The van der Waals surface area contributed by atoms with E-state index < -0.39 is 37.0 Å². The van der Waals surface area contributed by atoms with Gasteiger partial charge in [-0.2, -0.15) is 43.9 Å². The smallest absolute Gasteiger partial charge is 0.199 e. The molecule has 0 amide bonds. The van der Waals surface area contributed by atoms with Crippen molar-refractivity contribution in [2.45, 2.75) is 37.0 Å². The van der Waals surface area contributed by atoms with Gasteiger partial charge < -0.3 is 0 Å². The molecule has 0 aromatic rings. The van der Waals surface area contributed by atoms with Gasteiger partial charge in [-0.15, -0.1) is 0 Å². The second kappa shape index (κ2) is 3.95. The van der Waals surface area contributed by atoms with Gasteiger partial charge in [-0.3, -0.25) is 0 Å². The number of rotatable bonds is 3. The van der Waals surface area contributed by atoms with Crippen molar-refractivity contribution in [2.75, 3.05) is 0 Å². The molecule has 0 heterocycles. The van der Waals surface area contributed by atoms with Crippen LogP contribution in [0.1, 0.15) is 12.8 Å². The first-order chi connectivity index (χ1) is 6.71. The van der Waals surface area contributed by atoms with E-state index in [2.05, 4.69) is 0 Å². The van der Waals surface area contributed by atoms with Crippen LogP contribution in [0.3, 0.4) is 0 Å². The van der Waals surface area contributed by atoms with E-state index in [4.69, 9.17) is 0 Å². The van der Waals surface area contributed by atoms with Crippen LogP contribution in [0, 0.1) is 0 Å². The van der Waals surface area contributed by atoms with Gasteiger partial charge in [-0.1, -0.05) is 0 Å². The Labute approximate surface area is 82.2 Å². The van der Waals surface area contributed by atoms with E-state index in [0.717, 1.165) is 0 Å². The lowest BCUT2D eigenvalue weighted by Crippen LogP contribution is -2.52. The molecule has 0 aliphatic rings. The molecular weight excluding hydrogens is 262 g/mol. The average molecular weight is 266 g/mol. The first-order valence-electron chi connectivity index (χ1n) is 3.60. The van der Waals surface area contributed by atoms with Crippen LogP contribution in [0.25, 0.3) is 0 Å². The number of hydrogen-bond donors (Lipinski definition) is 0. The number of halogens is 10. The van der Waals surface area contributed by atoms with Crippen molar-refractivity contribution in [3.05, 3.63) is 0 Å². The van der Waals surface area contributed by atoms with E-state index >= 15 is 0 Å². The van der Waals surface area contributed by atoms with E-state index in [1.165, 1.54) is 0 Å². The summed E-state index contributed by atoms with van der Waals surface area (Å²) in [5.74, 6) is -12.3. The maximum absolute atomic E-state index is 12.3. The summed E-state index contributed by atoms with van der Waals surface area (Å²) in [5.41, 5.74) is 0. The SMILES string of the molecule is FC(F)(F)CCC(F)(F)C(F)(F)C(F)(F)F. The minimum Gasteiger partial charge on any atom is -0.199 e. The second-order valence-corrected chi connectivity index (χ2v) is 2.89. The minimum absolute atomic E-state index is 2.42. The first-order valence-corrected chi connectivity index (χ1v) is 3.60. The van der Waals surface area contributed by atoms with Gasteiger partial charge in [0.05, 0.1) is 0 Å². The van der Waals surface area contributed by atoms with E-state index in [1.54, 1.807) is 0 Å². The predicted octanol–water partition coefficient (Wildman–Crippen LogP) is 4.16. The molecule has 0 atom stereocenters. The van der Waals surface area contributed by atoms with Crippen LogP contribution in [0.4, 0.5) is 43.9 Å². The molecular formula is C6H4F10. The third kappa shape index (κ3) is 3.41. The van der Waals surface area contributed by atoms with Crippen molar-refractivity contribution in [2.24, 2.45) is 0 Å². The van der Waals surface area contributed by atoms with Crippen molar-refractivity contribution in [3.8, 4) is 0 Å². The van der Waals surface area contributed by atoms with Gasteiger partial charge in [-0.05, 0) is 0 Å². The Morgan fingerprint density at radius 1 is 0.562 bits per heavy atom. The summed E-state index contributed by atoms with van der Waals surface area (Å²) in [5, 5.41) is 0. The van der Waals surface area contributed by atoms with Crippen molar-refractivity contribution >= 4 is 0 Å². The van der Waals surface area contributed by atoms with E-state index in [1.807, 2.05) is 0 Å². The lowest BCUT2D eigenvalue weighted by atomic mass is 10.1. The third-order valence-electron chi connectivity index (χ3n) is 1.54. The topological polar surface area (TPSA) is 0 Å². The lowest BCUT2D eigenvalue weighted by molar-refractivity contribution is -0.358. The van der Waals surface area contributed by atoms with Crippen LogP contribution in [-0.2, 0) is 0 Å². The summed E-state index contributed by atoms with van der Waals surface area (Å²) < 4.78 is 117. The van der Waals surface area contributed by atoms with Crippen molar-refractivity contribution in [1.29, 1.82) is 0 Å². The van der Waals surface area contributed by atoms with Gasteiger partial charge in [0.25, 0.3) is 0 Å². The summed E-state index contributed by atoms with van der Waals surface area (Å²) in [7, 11) is 0. The predicted molar refractivity (Wildman–Crippen MR) is 31.2 cm³/mol. The molecule has 0 spiro atoms. The highest BCUT2D eigenvalue weighted by atomic mass is 19.4. The normalized spacial score (nSPS) is 15.4. The Hall–Kier alpha value is -0.700. The molecule has 0 N–H and O–H groups in total. The van der Waals surface area contributed by atoms with Crippen LogP contribution in [-0.4, -0.2) is 24.2 Å². The molecule has 98 valence electrons. The Morgan fingerprint density at radius 3 is 1.19 bits per heavy atom. The molecule has 0 bridgehead atoms. The zero-order chi connectivity index (χ0) is 13.4. The zero-order valence-corrected chi connectivity index (χ0v) is 7.19. The van der Waals surface area contributed by atoms with Crippen molar-refractivity contribution in [1.82, 2.24) is 0 Å². The largest absolute Gasteiger partial charge is 0.459 e. The molecule has 0 radical (unpaired) electrons. The Kier molecular flexibility index (Phi) is 3.78. The second-order valence-electron chi connectivity index (χ2n) is 2.89. The standard InChI is InChI=1S/C6H4F10/c7-3(8,1-2-4(9,10)11)5(12,13)6(14,15)16/h1-2H2. The summed E-state index contributed by atoms with van der Waals surface area (Å²) in [4.78, 5) is 0. The van der Waals surface area contributed by atoms with Crippen LogP contribution in [0.15, 0.2) is 0 Å². The fourth-order valence-corrected chi connectivity index (χ4v) is 0.663. The van der Waals surface area contributed by atoms with Gasteiger partial charge in [0.1, 0.15) is 0 Å². The van der Waals surface area contributed by atoms with Gasteiger partial charge in [0.2, 0.25) is 0 Å².